The Morgan fingerprint density at radius 3 is 2.57 bits per heavy atom. The van der Waals surface area contributed by atoms with E-state index in [1.54, 1.807) is 6.07 Å². The number of halogens is 3. The minimum absolute atomic E-state index is 0.210. The summed E-state index contributed by atoms with van der Waals surface area (Å²) in [7, 11) is 0. The van der Waals surface area contributed by atoms with Gasteiger partial charge in [-0.3, -0.25) is 0 Å². The highest BCUT2D eigenvalue weighted by Gasteiger charge is 2.14. The van der Waals surface area contributed by atoms with Crippen molar-refractivity contribution in [1.29, 1.82) is 0 Å². The maximum absolute atomic E-state index is 12.9. The molecule has 0 radical (unpaired) electrons. The first-order valence-electron chi connectivity index (χ1n) is 4.05. The second-order valence-corrected chi connectivity index (χ2v) is 4.33. The van der Waals surface area contributed by atoms with Crippen molar-refractivity contribution >= 4 is 21.4 Å². The van der Waals surface area contributed by atoms with Crippen molar-refractivity contribution in [3.05, 3.63) is 34.5 Å². The zero-order valence-corrected chi connectivity index (χ0v) is 8.17. The number of hydrogen-bond acceptors (Lipinski definition) is 1. The first kappa shape index (κ1) is 9.52. The molecule has 0 nitrogen and oxygen atoms in total. The lowest BCUT2D eigenvalue weighted by atomic mass is 10.1. The van der Waals surface area contributed by atoms with E-state index in [9.17, 15) is 13.2 Å². The Hall–Kier alpha value is -1.03. The lowest BCUT2D eigenvalue weighted by molar-refractivity contribution is 0.153. The van der Waals surface area contributed by atoms with Gasteiger partial charge in [0.1, 0.15) is 5.82 Å². The minimum Gasteiger partial charge on any atom is -0.207 e. The van der Waals surface area contributed by atoms with Gasteiger partial charge >= 0.3 is 0 Å². The van der Waals surface area contributed by atoms with Crippen molar-refractivity contribution in [3.63, 3.8) is 0 Å². The highest BCUT2D eigenvalue weighted by atomic mass is 32.1. The molecule has 0 bridgehead atoms. The molecule has 1 aromatic heterocycles. The molecule has 0 spiro atoms. The molecular formula is C10H7F3S. The van der Waals surface area contributed by atoms with Crippen LogP contribution in [0.3, 0.4) is 0 Å². The Morgan fingerprint density at radius 1 is 1.21 bits per heavy atom. The van der Waals surface area contributed by atoms with Gasteiger partial charge in [0.25, 0.3) is 6.43 Å². The van der Waals surface area contributed by atoms with Crippen molar-refractivity contribution < 1.29 is 13.2 Å². The first-order valence-corrected chi connectivity index (χ1v) is 4.87. The van der Waals surface area contributed by atoms with Crippen molar-refractivity contribution in [1.82, 2.24) is 0 Å². The van der Waals surface area contributed by atoms with Gasteiger partial charge in [-0.15, -0.1) is 11.3 Å². The third kappa shape index (κ3) is 1.50. The summed E-state index contributed by atoms with van der Waals surface area (Å²) in [6, 6.07) is 3.91. The fourth-order valence-corrected chi connectivity index (χ4v) is 2.44. The van der Waals surface area contributed by atoms with Gasteiger partial charge in [0.2, 0.25) is 0 Å². The Morgan fingerprint density at radius 2 is 1.93 bits per heavy atom. The highest BCUT2D eigenvalue weighted by molar-refractivity contribution is 7.19. The zero-order valence-electron chi connectivity index (χ0n) is 7.35. The molecule has 1 heterocycles. The van der Waals surface area contributed by atoms with Crippen molar-refractivity contribution in [3.8, 4) is 0 Å². The molecule has 0 atom stereocenters. The third-order valence-corrected chi connectivity index (χ3v) is 3.08. The molecule has 0 saturated carbocycles. The Kier molecular flexibility index (Phi) is 2.23. The van der Waals surface area contributed by atoms with Crippen molar-refractivity contribution in [2.45, 2.75) is 13.3 Å². The molecule has 14 heavy (non-hydrogen) atoms. The Labute approximate surface area is 83.0 Å². The molecule has 0 N–H and O–H groups in total. The average Bonchev–Trinajstić information content (AvgIpc) is 2.42. The highest BCUT2D eigenvalue weighted by Crippen LogP contribution is 2.34. The summed E-state index contributed by atoms with van der Waals surface area (Å²) in [4.78, 5) is 0.910. The summed E-state index contributed by atoms with van der Waals surface area (Å²) in [6.45, 7) is 1.82. The van der Waals surface area contributed by atoms with Gasteiger partial charge in [-0.2, -0.15) is 0 Å². The molecule has 1 aromatic carbocycles. The predicted molar refractivity (Wildman–Crippen MR) is 51.5 cm³/mol. The SMILES string of the molecule is Cc1cc2cc(F)cc(C(F)F)c2s1. The molecule has 2 aromatic rings. The lowest BCUT2D eigenvalue weighted by Crippen LogP contribution is -1.86. The average molecular weight is 216 g/mol. The molecular weight excluding hydrogens is 209 g/mol. The van der Waals surface area contributed by atoms with E-state index in [2.05, 4.69) is 0 Å². The topological polar surface area (TPSA) is 0 Å². The van der Waals surface area contributed by atoms with Crippen LogP contribution in [-0.2, 0) is 0 Å². The van der Waals surface area contributed by atoms with Crippen LogP contribution < -0.4 is 0 Å². The van der Waals surface area contributed by atoms with E-state index in [1.807, 2.05) is 6.92 Å². The normalized spacial score (nSPS) is 11.5. The molecule has 0 fully saturated rings. The minimum atomic E-state index is -2.62. The van der Waals surface area contributed by atoms with Gasteiger partial charge in [0, 0.05) is 15.1 Å². The number of fused-ring (bicyclic) bond motifs is 1. The third-order valence-electron chi connectivity index (χ3n) is 1.97. The van der Waals surface area contributed by atoms with Crippen LogP contribution in [0.2, 0.25) is 0 Å². The molecule has 0 amide bonds. The van der Waals surface area contributed by atoms with Gasteiger partial charge in [-0.05, 0) is 30.5 Å². The van der Waals surface area contributed by atoms with Gasteiger partial charge in [-0.1, -0.05) is 0 Å². The fourth-order valence-electron chi connectivity index (χ4n) is 1.43. The standard InChI is InChI=1S/C10H7F3S/c1-5-2-6-3-7(11)4-8(10(12)13)9(6)14-5/h2-4,10H,1H3. The molecule has 4 heteroatoms. The van der Waals surface area contributed by atoms with Crippen molar-refractivity contribution in [2.75, 3.05) is 0 Å². The zero-order chi connectivity index (χ0) is 10.3. The smallest absolute Gasteiger partial charge is 0.207 e. The largest absolute Gasteiger partial charge is 0.265 e. The monoisotopic (exact) mass is 216 g/mol. The van der Waals surface area contributed by atoms with Crippen molar-refractivity contribution in [2.24, 2.45) is 0 Å². The summed E-state index contributed by atoms with van der Waals surface area (Å²) in [5.74, 6) is -0.606. The van der Waals surface area contributed by atoms with Gasteiger partial charge < -0.3 is 0 Å². The van der Waals surface area contributed by atoms with Gasteiger partial charge in [0.15, 0.2) is 0 Å². The van der Waals surface area contributed by atoms with E-state index in [-0.39, 0.29) is 5.56 Å². The molecule has 0 aliphatic heterocycles. The number of thiophene rings is 1. The van der Waals surface area contributed by atoms with E-state index in [0.29, 0.717) is 10.1 Å². The number of alkyl halides is 2. The maximum Gasteiger partial charge on any atom is 0.265 e. The summed E-state index contributed by atoms with van der Waals surface area (Å²) in [5.41, 5.74) is -0.210. The molecule has 0 aliphatic carbocycles. The second kappa shape index (κ2) is 3.28. The predicted octanol–water partition coefficient (Wildman–Crippen LogP) is 4.29. The van der Waals surface area contributed by atoms with E-state index >= 15 is 0 Å². The summed E-state index contributed by atoms with van der Waals surface area (Å²) in [5, 5.41) is 0.558. The Balaban J connectivity index is 2.79. The molecule has 0 aliphatic rings. The number of rotatable bonds is 1. The fraction of sp³-hybridized carbons (Fsp3) is 0.200. The van der Waals surface area contributed by atoms with Gasteiger partial charge in [-0.25, -0.2) is 13.2 Å². The van der Waals surface area contributed by atoms with Crippen LogP contribution in [0, 0.1) is 12.7 Å². The maximum atomic E-state index is 12.9. The summed E-state index contributed by atoms with van der Waals surface area (Å²) in [6.07, 6.45) is -2.62. The second-order valence-electron chi connectivity index (χ2n) is 3.07. The molecule has 74 valence electrons. The van der Waals surface area contributed by atoms with Crippen LogP contribution in [0.5, 0.6) is 0 Å². The van der Waals surface area contributed by atoms with Crippen LogP contribution >= 0.6 is 11.3 Å². The molecule has 2 rings (SSSR count). The number of benzene rings is 1. The lowest BCUT2D eigenvalue weighted by Gasteiger charge is -2.01. The van der Waals surface area contributed by atoms with Crippen LogP contribution in [0.25, 0.3) is 10.1 Å². The molecule has 0 unspecified atom stereocenters. The summed E-state index contributed by atoms with van der Waals surface area (Å²) < 4.78 is 38.5. The van der Waals surface area contributed by atoms with Crippen LogP contribution in [0.4, 0.5) is 13.2 Å². The number of hydrogen-bond donors (Lipinski definition) is 0. The van der Waals surface area contributed by atoms with Crippen LogP contribution in [0.1, 0.15) is 16.9 Å². The molecule has 0 saturated heterocycles. The van der Waals surface area contributed by atoms with E-state index < -0.39 is 12.2 Å². The van der Waals surface area contributed by atoms with Crippen LogP contribution in [0.15, 0.2) is 18.2 Å². The van der Waals surface area contributed by atoms with Crippen LogP contribution in [-0.4, -0.2) is 0 Å². The first-order chi connectivity index (χ1) is 6.58. The van der Waals surface area contributed by atoms with Gasteiger partial charge in [0.05, 0.1) is 0 Å². The number of aryl methyl sites for hydroxylation is 1. The summed E-state index contributed by atoms with van der Waals surface area (Å²) >= 11 is 1.27. The van der Waals surface area contributed by atoms with E-state index in [1.165, 1.54) is 17.4 Å². The quantitative estimate of drug-likeness (QED) is 0.667. The van der Waals surface area contributed by atoms with E-state index in [4.69, 9.17) is 0 Å². The Bertz CT molecular complexity index is 473. The van der Waals surface area contributed by atoms with E-state index in [0.717, 1.165) is 10.9 Å².